The Balaban J connectivity index is 1.89. The number of nitrogens with one attached hydrogen (secondary N) is 4. The van der Waals surface area contributed by atoms with Crippen molar-refractivity contribution in [3.05, 3.63) is 46.7 Å². The normalized spacial score (nSPS) is 16.4. The fourth-order valence-corrected chi connectivity index (χ4v) is 5.16. The third-order valence-electron chi connectivity index (χ3n) is 7.41. The number of rotatable bonds is 9. The van der Waals surface area contributed by atoms with Crippen LogP contribution in [-0.4, -0.2) is 66.5 Å². The Hall–Kier alpha value is -3.51. The molecule has 0 radical (unpaired) electrons. The highest BCUT2D eigenvalue weighted by molar-refractivity contribution is 6.43. The lowest BCUT2D eigenvalue weighted by molar-refractivity contribution is -0.134. The zero-order valence-corrected chi connectivity index (χ0v) is 26.6. The van der Waals surface area contributed by atoms with Crippen LogP contribution in [0.5, 0.6) is 5.75 Å². The van der Waals surface area contributed by atoms with Crippen molar-refractivity contribution in [3.63, 3.8) is 0 Å². The fraction of sp³-hybridized carbons (Fsp3) is 0.433. The predicted octanol–water partition coefficient (Wildman–Crippen LogP) is 4.44. The van der Waals surface area contributed by atoms with E-state index in [1.54, 1.807) is 44.3 Å². The lowest BCUT2D eigenvalue weighted by atomic mass is 9.85. The van der Waals surface area contributed by atoms with Gasteiger partial charge in [-0.25, -0.2) is 14.9 Å². The van der Waals surface area contributed by atoms with Crippen LogP contribution in [-0.2, 0) is 14.4 Å². The molecule has 3 atom stereocenters. The van der Waals surface area contributed by atoms with Crippen LogP contribution in [0.15, 0.2) is 36.7 Å². The molecule has 1 aliphatic heterocycles. The lowest BCUT2D eigenvalue weighted by Crippen LogP contribution is -2.60. The molecule has 4 N–H and O–H groups in total. The molecule has 0 unspecified atom stereocenters. The van der Waals surface area contributed by atoms with Crippen LogP contribution in [0.3, 0.4) is 0 Å². The highest BCUT2D eigenvalue weighted by atomic mass is 35.5. The quantitative estimate of drug-likeness (QED) is 0.271. The van der Waals surface area contributed by atoms with Crippen LogP contribution in [0.1, 0.15) is 40.5 Å². The van der Waals surface area contributed by atoms with Gasteiger partial charge in [0.15, 0.2) is 0 Å². The highest BCUT2D eigenvalue weighted by Gasteiger charge is 2.42. The van der Waals surface area contributed by atoms with E-state index in [2.05, 4.69) is 31.2 Å². The van der Waals surface area contributed by atoms with Crippen molar-refractivity contribution in [1.29, 1.82) is 0 Å². The molecular weight excluding hydrogens is 593 g/mol. The number of hydrogen-bond acceptors (Lipinski definition) is 9. The molecule has 3 amide bonds. The smallest absolute Gasteiger partial charge is 0.257 e. The Morgan fingerprint density at radius 1 is 1.16 bits per heavy atom. The zero-order valence-electron chi connectivity index (χ0n) is 25.0. The molecule has 0 aliphatic carbocycles. The Morgan fingerprint density at radius 3 is 2.53 bits per heavy atom. The van der Waals surface area contributed by atoms with Crippen molar-refractivity contribution in [2.24, 2.45) is 5.41 Å². The van der Waals surface area contributed by atoms with Gasteiger partial charge in [-0.05, 0) is 57.0 Å². The number of methoxy groups -OCH3 is 1. The minimum atomic E-state index is -1.04. The molecule has 1 aromatic heterocycles. The zero-order chi connectivity index (χ0) is 31.5. The number of likely N-dealkylation sites (N-methyl/N-ethyl adjacent to an activating group) is 1. The number of nitrogens with zero attached hydrogens (tertiary/aromatic N) is 3. The van der Waals surface area contributed by atoms with Crippen LogP contribution >= 0.6 is 23.2 Å². The second-order valence-electron chi connectivity index (χ2n) is 11.5. The first-order chi connectivity index (χ1) is 20.4. The first-order valence-corrected chi connectivity index (χ1v) is 14.8. The summed E-state index contributed by atoms with van der Waals surface area (Å²) in [5.74, 6) is -0.786. The number of carbonyl (C=O) groups is 3. The number of fused-ring (bicyclic) bond motifs is 1. The minimum Gasteiger partial charge on any atom is -0.494 e. The van der Waals surface area contributed by atoms with Gasteiger partial charge in [-0.2, -0.15) is 0 Å². The average molecular weight is 631 g/mol. The van der Waals surface area contributed by atoms with Gasteiger partial charge < -0.3 is 26.0 Å². The molecule has 1 fully saturated rings. The van der Waals surface area contributed by atoms with Crippen LogP contribution in [0.4, 0.5) is 17.2 Å². The Morgan fingerprint density at radius 2 is 1.91 bits per heavy atom. The number of ether oxygens (including phenoxy) is 1. The third kappa shape index (κ3) is 7.01. The molecule has 11 nitrogen and oxygen atoms in total. The fourth-order valence-electron chi connectivity index (χ4n) is 4.81. The van der Waals surface area contributed by atoms with Gasteiger partial charge in [0, 0.05) is 11.5 Å². The van der Waals surface area contributed by atoms with Gasteiger partial charge in [0.25, 0.3) is 11.8 Å². The molecule has 13 heteroatoms. The number of halogens is 2. The minimum absolute atomic E-state index is 0.193. The molecule has 2 aromatic carbocycles. The summed E-state index contributed by atoms with van der Waals surface area (Å²) in [6, 6.07) is 6.25. The molecule has 0 saturated carbocycles. The van der Waals surface area contributed by atoms with Crippen molar-refractivity contribution in [1.82, 2.24) is 25.9 Å². The van der Waals surface area contributed by atoms with Crippen LogP contribution in [0, 0.1) is 5.41 Å². The van der Waals surface area contributed by atoms with E-state index in [0.29, 0.717) is 45.4 Å². The summed E-state index contributed by atoms with van der Waals surface area (Å²) in [4.78, 5) is 51.5. The van der Waals surface area contributed by atoms with Crippen molar-refractivity contribution in [3.8, 4) is 5.75 Å². The highest BCUT2D eigenvalue weighted by Crippen LogP contribution is 2.39. The number of anilines is 3. The largest absolute Gasteiger partial charge is 0.494 e. The maximum Gasteiger partial charge on any atom is 0.257 e. The molecule has 2 heterocycles. The molecule has 1 aliphatic rings. The van der Waals surface area contributed by atoms with Crippen LogP contribution < -0.4 is 30.9 Å². The van der Waals surface area contributed by atoms with Gasteiger partial charge in [0.05, 0.1) is 46.1 Å². The standard InChI is InChI=1S/C30H37Cl2N7O4/c1-16(33-5)27(40)38-25(30(2,3)4)29(42)39(28(41)20-11-8-12-34-20)22-13-17-21(14-23(22)43-6)35-15-36-26(17)37-19-10-7-9-18(31)24(19)32/h7,9-10,13-16,20,25,33-34H,8,11-12H2,1-6H3,(H,38,40)(H,35,36,37)/t16-,20-,25+/m0/s1. The summed E-state index contributed by atoms with van der Waals surface area (Å²) in [6.45, 7) is 7.84. The molecule has 0 spiro atoms. The Kier molecular flexibility index (Phi) is 10.1. The monoisotopic (exact) mass is 629 g/mol. The van der Waals surface area contributed by atoms with Crippen molar-refractivity contribution < 1.29 is 19.1 Å². The van der Waals surface area contributed by atoms with Gasteiger partial charge in [-0.3, -0.25) is 14.4 Å². The molecule has 4 rings (SSSR count). The Bertz CT molecular complexity index is 1520. The molecule has 1 saturated heterocycles. The summed E-state index contributed by atoms with van der Waals surface area (Å²) in [7, 11) is 3.11. The summed E-state index contributed by atoms with van der Waals surface area (Å²) in [6.07, 6.45) is 2.73. The third-order valence-corrected chi connectivity index (χ3v) is 8.23. The second kappa shape index (κ2) is 13.4. The topological polar surface area (TPSA) is 138 Å². The number of hydrogen-bond donors (Lipinski definition) is 4. The van der Waals surface area contributed by atoms with Gasteiger partial charge in [-0.1, -0.05) is 50.0 Å². The molecule has 43 heavy (non-hydrogen) atoms. The lowest BCUT2D eigenvalue weighted by Gasteiger charge is -2.36. The van der Waals surface area contributed by atoms with E-state index in [1.807, 2.05) is 20.8 Å². The first kappa shape index (κ1) is 32.4. The number of carbonyl (C=O) groups excluding carboxylic acids is 3. The van der Waals surface area contributed by atoms with Gasteiger partial charge >= 0.3 is 0 Å². The number of benzene rings is 2. The first-order valence-electron chi connectivity index (χ1n) is 14.0. The summed E-state index contributed by atoms with van der Waals surface area (Å²) in [5.41, 5.74) is 0.461. The number of aromatic nitrogens is 2. The van der Waals surface area contributed by atoms with Crippen molar-refractivity contribution in [2.45, 2.75) is 58.7 Å². The average Bonchev–Trinajstić information content (AvgIpc) is 3.52. The molecule has 230 valence electrons. The van der Waals surface area contributed by atoms with E-state index in [1.165, 1.54) is 13.4 Å². The van der Waals surface area contributed by atoms with E-state index in [9.17, 15) is 14.4 Å². The van der Waals surface area contributed by atoms with E-state index in [-0.39, 0.29) is 17.3 Å². The maximum atomic E-state index is 14.5. The summed E-state index contributed by atoms with van der Waals surface area (Å²) >= 11 is 12.7. The van der Waals surface area contributed by atoms with E-state index >= 15 is 0 Å². The molecular formula is C30H37Cl2N7O4. The Labute approximate surface area is 261 Å². The van der Waals surface area contributed by atoms with Gasteiger partial charge in [0.1, 0.15) is 23.9 Å². The SMILES string of the molecule is CN[C@@H](C)C(=O)N[C@H](C(=O)N(C(=O)[C@@H]1CCCN1)c1cc2c(Nc3cccc(Cl)c3Cl)ncnc2cc1OC)C(C)(C)C. The van der Waals surface area contributed by atoms with Gasteiger partial charge in [0.2, 0.25) is 5.91 Å². The molecule has 3 aromatic rings. The van der Waals surface area contributed by atoms with E-state index in [0.717, 1.165) is 11.3 Å². The van der Waals surface area contributed by atoms with Crippen LogP contribution in [0.2, 0.25) is 10.0 Å². The van der Waals surface area contributed by atoms with E-state index in [4.69, 9.17) is 27.9 Å². The summed E-state index contributed by atoms with van der Waals surface area (Å²) in [5, 5.41) is 13.3. The second-order valence-corrected chi connectivity index (χ2v) is 12.3. The van der Waals surface area contributed by atoms with Gasteiger partial charge in [-0.15, -0.1) is 0 Å². The van der Waals surface area contributed by atoms with E-state index < -0.39 is 35.4 Å². The predicted molar refractivity (Wildman–Crippen MR) is 169 cm³/mol. The number of imide groups is 1. The number of amides is 3. The summed E-state index contributed by atoms with van der Waals surface area (Å²) < 4.78 is 5.71. The maximum absolute atomic E-state index is 14.5. The van der Waals surface area contributed by atoms with Crippen LogP contribution in [0.25, 0.3) is 10.9 Å². The van der Waals surface area contributed by atoms with Crippen molar-refractivity contribution in [2.75, 3.05) is 30.9 Å². The van der Waals surface area contributed by atoms with Crippen molar-refractivity contribution >= 4 is 69.0 Å². The molecule has 0 bridgehead atoms.